The van der Waals surface area contributed by atoms with Crippen LogP contribution in [-0.2, 0) is 14.3 Å². The molecule has 0 heterocycles. The van der Waals surface area contributed by atoms with E-state index in [9.17, 15) is 9.59 Å². The van der Waals surface area contributed by atoms with Gasteiger partial charge in [-0.25, -0.2) is 0 Å². The van der Waals surface area contributed by atoms with Crippen LogP contribution in [0.2, 0.25) is 0 Å². The maximum Gasteiger partial charge on any atom is 0.298 e. The molecule has 21 heavy (non-hydrogen) atoms. The lowest BCUT2D eigenvalue weighted by Crippen LogP contribution is -2.46. The third-order valence-electron chi connectivity index (χ3n) is 2.56. The molecule has 0 atom stereocenters. The molecule has 0 rings (SSSR count). The highest BCUT2D eigenvalue weighted by Gasteiger charge is 2.31. The first-order valence-electron chi connectivity index (χ1n) is 7.31. The van der Waals surface area contributed by atoms with Crippen molar-refractivity contribution in [1.29, 1.82) is 0 Å². The van der Waals surface area contributed by atoms with Crippen molar-refractivity contribution in [2.45, 2.75) is 66.2 Å². The molecule has 0 aliphatic rings. The zero-order chi connectivity index (χ0) is 17.0. The molecule has 0 aromatic heterocycles. The number of hydrogen-bond donors (Lipinski definition) is 0. The molecule has 5 nitrogen and oxygen atoms in total. The number of ether oxygens (including phenoxy) is 1. The molecule has 0 aromatic rings. The van der Waals surface area contributed by atoms with Crippen molar-refractivity contribution in [2.24, 2.45) is 0 Å². The van der Waals surface area contributed by atoms with Gasteiger partial charge in [-0.15, -0.1) is 0 Å². The predicted octanol–water partition coefficient (Wildman–Crippen LogP) is 2.42. The summed E-state index contributed by atoms with van der Waals surface area (Å²) in [5.41, 5.74) is -0.543. The summed E-state index contributed by atoms with van der Waals surface area (Å²) < 4.78 is 5.66. The fraction of sp³-hybridized carbons (Fsp3) is 0.750. The second-order valence-corrected chi connectivity index (χ2v) is 6.90. The van der Waals surface area contributed by atoms with Gasteiger partial charge in [0.05, 0.1) is 0 Å². The molecule has 0 bridgehead atoms. The number of rotatable bonds is 6. The maximum absolute atomic E-state index is 12.5. The summed E-state index contributed by atoms with van der Waals surface area (Å²) in [5, 5.41) is 0. The number of Topliss-reactive ketones (excluding diaryl/α,β-unsaturated/α-hetero) is 1. The number of nitrogens with zero attached hydrogens (tertiary/aromatic N) is 2. The fourth-order valence-corrected chi connectivity index (χ4v) is 1.98. The predicted molar refractivity (Wildman–Crippen MR) is 84.7 cm³/mol. The van der Waals surface area contributed by atoms with Crippen molar-refractivity contribution in [3.05, 3.63) is 12.0 Å². The maximum atomic E-state index is 12.5. The molecule has 0 fully saturated rings. The summed E-state index contributed by atoms with van der Waals surface area (Å²) >= 11 is 0. The molecule has 0 unspecified atom stereocenters. The Hall–Kier alpha value is -1.52. The van der Waals surface area contributed by atoms with Crippen LogP contribution in [0.15, 0.2) is 12.0 Å². The first-order valence-corrected chi connectivity index (χ1v) is 7.31. The van der Waals surface area contributed by atoms with Crippen LogP contribution < -0.4 is 0 Å². The van der Waals surface area contributed by atoms with Crippen LogP contribution in [0, 0.1) is 0 Å². The van der Waals surface area contributed by atoms with Gasteiger partial charge in [-0.3, -0.25) is 9.59 Å². The van der Waals surface area contributed by atoms with Gasteiger partial charge in [-0.1, -0.05) is 0 Å². The third-order valence-corrected chi connectivity index (χ3v) is 2.56. The Morgan fingerprint density at radius 2 is 1.43 bits per heavy atom. The normalized spacial score (nSPS) is 12.6. The summed E-state index contributed by atoms with van der Waals surface area (Å²) in [6.45, 7) is 13.1. The molecule has 1 amide bonds. The summed E-state index contributed by atoms with van der Waals surface area (Å²) in [7, 11) is 3.57. The molecule has 0 aromatic carbocycles. The van der Waals surface area contributed by atoms with Crippen molar-refractivity contribution in [3.8, 4) is 0 Å². The molecular formula is C16H30N2O3. The average molecular weight is 298 g/mol. The summed E-state index contributed by atoms with van der Waals surface area (Å²) in [6.07, 6.45) is 1.55. The van der Waals surface area contributed by atoms with Crippen LogP contribution >= 0.6 is 0 Å². The lowest BCUT2D eigenvalue weighted by atomic mass is 10.1. The topological polar surface area (TPSA) is 49.9 Å². The van der Waals surface area contributed by atoms with Crippen molar-refractivity contribution in [1.82, 2.24) is 9.80 Å². The Bertz CT molecular complexity index is 396. The fourth-order valence-electron chi connectivity index (χ4n) is 1.98. The first kappa shape index (κ1) is 19.5. The van der Waals surface area contributed by atoms with Crippen molar-refractivity contribution >= 4 is 11.7 Å². The Morgan fingerprint density at radius 3 is 1.71 bits per heavy atom. The van der Waals surface area contributed by atoms with Gasteiger partial charge in [0, 0.05) is 32.4 Å². The number of hydrogen-bond acceptors (Lipinski definition) is 4. The number of amides is 1. The monoisotopic (exact) mass is 298 g/mol. The van der Waals surface area contributed by atoms with E-state index in [2.05, 4.69) is 0 Å². The summed E-state index contributed by atoms with van der Waals surface area (Å²) in [6, 6.07) is -0.0895. The van der Waals surface area contributed by atoms with Gasteiger partial charge in [0.2, 0.25) is 0 Å². The van der Waals surface area contributed by atoms with Gasteiger partial charge in [0.25, 0.3) is 11.7 Å². The van der Waals surface area contributed by atoms with E-state index in [1.807, 2.05) is 48.5 Å². The largest absolute Gasteiger partial charge is 0.482 e. The van der Waals surface area contributed by atoms with Gasteiger partial charge in [0.1, 0.15) is 5.60 Å². The Labute approximate surface area is 128 Å². The lowest BCUT2D eigenvalue weighted by molar-refractivity contribution is -0.148. The Balaban J connectivity index is 5.43. The molecule has 5 heteroatoms. The van der Waals surface area contributed by atoms with Crippen LogP contribution in [0.25, 0.3) is 0 Å². The molecule has 0 aliphatic heterocycles. The van der Waals surface area contributed by atoms with Crippen LogP contribution in [0.1, 0.15) is 48.5 Å². The average Bonchev–Trinajstić information content (AvgIpc) is 2.23. The SMILES string of the molecule is CC(C)N(C(=O)C(=O)/C(=C/N(C)C)OC(C)(C)C)C(C)C. The standard InChI is InChI=1S/C16H30N2O3/c1-11(2)18(12(3)4)15(20)14(19)13(10-17(8)9)21-16(5,6)7/h10-12H,1-9H3/b13-10-. The highest BCUT2D eigenvalue weighted by Crippen LogP contribution is 2.17. The first-order chi connectivity index (χ1) is 9.36. The highest BCUT2D eigenvalue weighted by molar-refractivity contribution is 6.42. The number of carbonyl (C=O) groups excluding carboxylic acids is 2. The molecular weight excluding hydrogens is 268 g/mol. The molecule has 0 radical (unpaired) electrons. The molecule has 0 aliphatic carbocycles. The number of ketones is 1. The quantitative estimate of drug-likeness (QED) is 0.429. The van der Waals surface area contributed by atoms with Crippen molar-refractivity contribution in [2.75, 3.05) is 14.1 Å². The van der Waals surface area contributed by atoms with E-state index in [4.69, 9.17) is 4.74 Å². The summed E-state index contributed by atoms with van der Waals surface area (Å²) in [5.74, 6) is -1.07. The van der Waals surface area contributed by atoms with E-state index in [0.717, 1.165) is 0 Å². The molecule has 0 N–H and O–H groups in total. The van der Waals surface area contributed by atoms with E-state index in [1.54, 1.807) is 30.1 Å². The van der Waals surface area contributed by atoms with Crippen LogP contribution in [-0.4, -0.2) is 53.3 Å². The van der Waals surface area contributed by atoms with E-state index in [0.29, 0.717) is 0 Å². The van der Waals surface area contributed by atoms with E-state index in [1.165, 1.54) is 0 Å². The second kappa shape index (κ2) is 7.48. The van der Waals surface area contributed by atoms with Gasteiger partial charge in [0.15, 0.2) is 5.76 Å². The van der Waals surface area contributed by atoms with Crippen LogP contribution in [0.5, 0.6) is 0 Å². The third kappa shape index (κ3) is 6.65. The highest BCUT2D eigenvalue weighted by atomic mass is 16.5. The van der Waals surface area contributed by atoms with Gasteiger partial charge >= 0.3 is 0 Å². The van der Waals surface area contributed by atoms with Crippen LogP contribution in [0.3, 0.4) is 0 Å². The van der Waals surface area contributed by atoms with Gasteiger partial charge in [-0.2, -0.15) is 0 Å². The second-order valence-electron chi connectivity index (χ2n) is 6.90. The lowest BCUT2D eigenvalue weighted by Gasteiger charge is -2.31. The van der Waals surface area contributed by atoms with Gasteiger partial charge in [-0.05, 0) is 48.5 Å². The molecule has 0 spiro atoms. The molecule has 0 saturated carbocycles. The summed E-state index contributed by atoms with van der Waals surface area (Å²) in [4.78, 5) is 28.2. The minimum Gasteiger partial charge on any atom is -0.482 e. The van der Waals surface area contributed by atoms with Crippen LogP contribution in [0.4, 0.5) is 0 Å². The van der Waals surface area contributed by atoms with Crippen molar-refractivity contribution in [3.63, 3.8) is 0 Å². The van der Waals surface area contributed by atoms with E-state index >= 15 is 0 Å². The minimum absolute atomic E-state index is 0.0447. The minimum atomic E-state index is -0.610. The van der Waals surface area contributed by atoms with E-state index in [-0.39, 0.29) is 17.8 Å². The van der Waals surface area contributed by atoms with Gasteiger partial charge < -0.3 is 14.5 Å². The molecule has 0 saturated heterocycles. The number of carbonyl (C=O) groups is 2. The van der Waals surface area contributed by atoms with Crippen molar-refractivity contribution < 1.29 is 14.3 Å². The molecule has 122 valence electrons. The zero-order valence-electron chi connectivity index (χ0n) is 14.9. The Morgan fingerprint density at radius 1 is 1.00 bits per heavy atom. The smallest absolute Gasteiger partial charge is 0.298 e. The Kier molecular flexibility index (Phi) is 6.94. The van der Waals surface area contributed by atoms with E-state index < -0.39 is 17.3 Å². The zero-order valence-corrected chi connectivity index (χ0v) is 14.9.